The lowest BCUT2D eigenvalue weighted by molar-refractivity contribution is -0.140. The van der Waals surface area contributed by atoms with Crippen LogP contribution in [0.25, 0.3) is 0 Å². The molecule has 1 saturated heterocycles. The number of hydrogen-bond acceptors (Lipinski definition) is 2. The highest BCUT2D eigenvalue weighted by atomic mass is 16.5. The van der Waals surface area contributed by atoms with Crippen LogP contribution in [-0.2, 0) is 14.9 Å². The van der Waals surface area contributed by atoms with Crippen molar-refractivity contribution >= 4 is 5.78 Å². The number of aryl methyl sites for hydroxylation is 3. The van der Waals surface area contributed by atoms with Gasteiger partial charge in [-0.2, -0.15) is 0 Å². The lowest BCUT2D eigenvalue weighted by Gasteiger charge is -2.40. The topological polar surface area (TPSA) is 26.3 Å². The quantitative estimate of drug-likeness (QED) is 0.762. The van der Waals surface area contributed by atoms with Crippen LogP contribution in [0.15, 0.2) is 12.1 Å². The fraction of sp³-hybridized carbons (Fsp3) is 0.500. The molecule has 2 rings (SSSR count). The first kappa shape index (κ1) is 11.3. The van der Waals surface area contributed by atoms with Crippen LogP contribution in [-0.4, -0.2) is 19.0 Å². The molecule has 1 heterocycles. The Bertz CT molecular complexity index is 442. The van der Waals surface area contributed by atoms with Crippen molar-refractivity contribution in [3.05, 3.63) is 34.4 Å². The Hall–Kier alpha value is -1.15. The average molecular weight is 218 g/mol. The van der Waals surface area contributed by atoms with E-state index >= 15 is 0 Å². The van der Waals surface area contributed by atoms with Gasteiger partial charge in [-0.05, 0) is 49.9 Å². The third-order valence-corrected chi connectivity index (χ3v) is 3.73. The van der Waals surface area contributed by atoms with Gasteiger partial charge in [-0.1, -0.05) is 12.1 Å². The highest BCUT2D eigenvalue weighted by molar-refractivity contribution is 5.89. The van der Waals surface area contributed by atoms with E-state index in [-0.39, 0.29) is 11.2 Å². The van der Waals surface area contributed by atoms with Gasteiger partial charge < -0.3 is 4.74 Å². The summed E-state index contributed by atoms with van der Waals surface area (Å²) in [6, 6.07) is 4.31. The highest BCUT2D eigenvalue weighted by Gasteiger charge is 2.45. The molecule has 0 amide bonds. The molecule has 0 N–H and O–H groups in total. The summed E-state index contributed by atoms with van der Waals surface area (Å²) in [5, 5.41) is 0. The van der Waals surface area contributed by atoms with Gasteiger partial charge in [0, 0.05) is 0 Å². The van der Waals surface area contributed by atoms with E-state index < -0.39 is 0 Å². The van der Waals surface area contributed by atoms with Crippen molar-refractivity contribution in [3.8, 4) is 0 Å². The third-order valence-electron chi connectivity index (χ3n) is 3.73. The van der Waals surface area contributed by atoms with Crippen molar-refractivity contribution in [2.75, 3.05) is 13.2 Å². The van der Waals surface area contributed by atoms with Crippen LogP contribution in [0.3, 0.4) is 0 Å². The van der Waals surface area contributed by atoms with Crippen molar-refractivity contribution in [2.24, 2.45) is 0 Å². The molecule has 1 fully saturated rings. The molecule has 0 spiro atoms. The molecular formula is C14H18O2. The van der Waals surface area contributed by atoms with Gasteiger partial charge >= 0.3 is 0 Å². The molecule has 0 unspecified atom stereocenters. The van der Waals surface area contributed by atoms with Crippen LogP contribution in [0, 0.1) is 20.8 Å². The molecule has 0 saturated carbocycles. The molecule has 0 radical (unpaired) electrons. The SMILES string of the molecule is CC(=O)C1(c2cc(C)c(C)cc2C)COC1. The largest absolute Gasteiger partial charge is 0.378 e. The van der Waals surface area contributed by atoms with E-state index in [1.165, 1.54) is 16.7 Å². The minimum absolute atomic E-state index is 0.213. The molecule has 1 aliphatic heterocycles. The second-order valence-corrected chi connectivity index (χ2v) is 4.88. The van der Waals surface area contributed by atoms with Crippen LogP contribution >= 0.6 is 0 Å². The van der Waals surface area contributed by atoms with Crippen molar-refractivity contribution in [3.63, 3.8) is 0 Å². The van der Waals surface area contributed by atoms with Gasteiger partial charge in [-0.3, -0.25) is 4.79 Å². The van der Waals surface area contributed by atoms with Crippen LogP contribution in [0.2, 0.25) is 0 Å². The molecule has 0 bridgehead atoms. The first-order chi connectivity index (χ1) is 7.47. The molecule has 1 aromatic carbocycles. The lowest BCUT2D eigenvalue weighted by atomic mass is 9.73. The van der Waals surface area contributed by atoms with Crippen molar-refractivity contribution in [2.45, 2.75) is 33.1 Å². The molecule has 0 atom stereocenters. The van der Waals surface area contributed by atoms with Crippen LogP contribution in [0.1, 0.15) is 29.2 Å². The Morgan fingerprint density at radius 1 is 1.12 bits per heavy atom. The maximum Gasteiger partial charge on any atom is 0.145 e. The Kier molecular flexibility index (Phi) is 2.62. The van der Waals surface area contributed by atoms with Gasteiger partial charge in [0.1, 0.15) is 11.2 Å². The predicted octanol–water partition coefficient (Wildman–Crippen LogP) is 2.47. The Labute approximate surface area is 96.6 Å². The van der Waals surface area contributed by atoms with Gasteiger partial charge in [0.2, 0.25) is 0 Å². The Balaban J connectivity index is 2.55. The summed E-state index contributed by atoms with van der Waals surface area (Å²) in [6.07, 6.45) is 0. The molecule has 2 heteroatoms. The number of carbonyl (C=O) groups is 1. The summed E-state index contributed by atoms with van der Waals surface area (Å²) in [5.74, 6) is 0.213. The minimum Gasteiger partial charge on any atom is -0.378 e. The predicted molar refractivity (Wildman–Crippen MR) is 63.8 cm³/mol. The zero-order chi connectivity index (χ0) is 11.9. The van der Waals surface area contributed by atoms with E-state index in [1.54, 1.807) is 6.92 Å². The van der Waals surface area contributed by atoms with Crippen LogP contribution in [0.4, 0.5) is 0 Å². The summed E-state index contributed by atoms with van der Waals surface area (Å²) in [6.45, 7) is 8.99. The summed E-state index contributed by atoms with van der Waals surface area (Å²) in [7, 11) is 0. The first-order valence-electron chi connectivity index (χ1n) is 5.64. The molecule has 86 valence electrons. The fourth-order valence-corrected chi connectivity index (χ4v) is 2.33. The molecule has 0 aliphatic carbocycles. The van der Waals surface area contributed by atoms with Crippen molar-refractivity contribution in [1.29, 1.82) is 0 Å². The standard InChI is InChI=1S/C14H18O2/c1-9-5-11(3)13(6-10(9)2)14(12(4)15)7-16-8-14/h5-6H,7-8H2,1-4H3. The van der Waals surface area contributed by atoms with Gasteiger partial charge in [0.05, 0.1) is 13.2 Å². The van der Waals surface area contributed by atoms with E-state index in [0.717, 1.165) is 5.56 Å². The van der Waals surface area contributed by atoms with E-state index in [1.807, 2.05) is 0 Å². The summed E-state index contributed by atoms with van der Waals surface area (Å²) < 4.78 is 5.26. The monoisotopic (exact) mass is 218 g/mol. The summed E-state index contributed by atoms with van der Waals surface area (Å²) >= 11 is 0. The van der Waals surface area contributed by atoms with Crippen LogP contribution in [0.5, 0.6) is 0 Å². The van der Waals surface area contributed by atoms with Gasteiger partial charge in [0.15, 0.2) is 0 Å². The fourth-order valence-electron chi connectivity index (χ4n) is 2.33. The maximum atomic E-state index is 11.8. The second kappa shape index (κ2) is 3.70. The molecule has 2 nitrogen and oxygen atoms in total. The molecule has 0 aromatic heterocycles. The molecule has 16 heavy (non-hydrogen) atoms. The molecular weight excluding hydrogens is 200 g/mol. The van der Waals surface area contributed by atoms with Gasteiger partial charge in [-0.25, -0.2) is 0 Å². The normalized spacial score (nSPS) is 18.0. The van der Waals surface area contributed by atoms with E-state index in [4.69, 9.17) is 4.74 Å². The Morgan fingerprint density at radius 2 is 1.69 bits per heavy atom. The van der Waals surface area contributed by atoms with E-state index in [9.17, 15) is 4.79 Å². The zero-order valence-corrected chi connectivity index (χ0v) is 10.4. The Morgan fingerprint density at radius 3 is 2.12 bits per heavy atom. The lowest BCUT2D eigenvalue weighted by Crippen LogP contribution is -2.52. The van der Waals surface area contributed by atoms with Crippen molar-refractivity contribution < 1.29 is 9.53 Å². The second-order valence-electron chi connectivity index (χ2n) is 4.88. The highest BCUT2D eigenvalue weighted by Crippen LogP contribution is 2.36. The number of carbonyl (C=O) groups excluding carboxylic acids is 1. The smallest absolute Gasteiger partial charge is 0.145 e. The summed E-state index contributed by atoms with van der Waals surface area (Å²) in [4.78, 5) is 11.8. The minimum atomic E-state index is -0.372. The number of hydrogen-bond donors (Lipinski definition) is 0. The number of ketones is 1. The number of ether oxygens (including phenoxy) is 1. The van der Waals surface area contributed by atoms with Gasteiger partial charge in [-0.15, -0.1) is 0 Å². The first-order valence-corrected chi connectivity index (χ1v) is 5.64. The van der Waals surface area contributed by atoms with E-state index in [2.05, 4.69) is 32.9 Å². The van der Waals surface area contributed by atoms with Crippen molar-refractivity contribution in [1.82, 2.24) is 0 Å². The zero-order valence-electron chi connectivity index (χ0n) is 10.4. The number of Topliss-reactive ketones (excluding diaryl/α,β-unsaturated/α-hetero) is 1. The third kappa shape index (κ3) is 1.49. The molecule has 1 aliphatic rings. The number of rotatable bonds is 2. The number of benzene rings is 1. The maximum absolute atomic E-state index is 11.8. The molecule has 1 aromatic rings. The van der Waals surface area contributed by atoms with E-state index in [0.29, 0.717) is 13.2 Å². The summed E-state index contributed by atoms with van der Waals surface area (Å²) in [5.41, 5.74) is 4.49. The van der Waals surface area contributed by atoms with Crippen LogP contribution < -0.4 is 0 Å². The average Bonchev–Trinajstić information content (AvgIpc) is 2.11. The van der Waals surface area contributed by atoms with Gasteiger partial charge in [0.25, 0.3) is 0 Å².